The summed E-state index contributed by atoms with van der Waals surface area (Å²) in [6.07, 6.45) is 3.86. The Morgan fingerprint density at radius 1 is 1.75 bits per heavy atom. The highest BCUT2D eigenvalue weighted by Crippen LogP contribution is 1.97. The molecular weight excluding hydrogens is 106 g/mol. The van der Waals surface area contributed by atoms with Crippen LogP contribution in [0.4, 0.5) is 0 Å². The van der Waals surface area contributed by atoms with Gasteiger partial charge in [-0.3, -0.25) is 10.0 Å². The topological polar surface area (TPSA) is 40.5 Å². The first-order valence-corrected chi connectivity index (χ1v) is 2.47. The van der Waals surface area contributed by atoms with Crippen molar-refractivity contribution in [1.82, 2.24) is 5.06 Å². The fourth-order valence-electron chi connectivity index (χ4n) is 0.577. The summed E-state index contributed by atoms with van der Waals surface area (Å²) in [4.78, 5) is 10.4. The highest BCUT2D eigenvalue weighted by atomic mass is 16.5. The number of nitrogens with zero attached hydrogens (tertiary/aromatic N) is 1. The van der Waals surface area contributed by atoms with Gasteiger partial charge in [0, 0.05) is 6.08 Å². The fourth-order valence-corrected chi connectivity index (χ4v) is 0.577. The Balaban J connectivity index is 2.60. The predicted molar refractivity (Wildman–Crippen MR) is 27.3 cm³/mol. The van der Waals surface area contributed by atoms with E-state index in [1.165, 1.54) is 6.08 Å². The van der Waals surface area contributed by atoms with Crippen molar-refractivity contribution in [2.75, 3.05) is 6.54 Å². The van der Waals surface area contributed by atoms with Crippen molar-refractivity contribution in [3.8, 4) is 0 Å². The van der Waals surface area contributed by atoms with Gasteiger partial charge in [-0.1, -0.05) is 6.08 Å². The van der Waals surface area contributed by atoms with Gasteiger partial charge in [0.25, 0.3) is 5.91 Å². The Morgan fingerprint density at radius 2 is 2.50 bits per heavy atom. The molecule has 0 spiro atoms. The second-order valence-corrected chi connectivity index (χ2v) is 1.65. The van der Waals surface area contributed by atoms with E-state index in [-0.39, 0.29) is 5.91 Å². The van der Waals surface area contributed by atoms with Gasteiger partial charge in [-0.05, 0) is 6.42 Å². The molecule has 0 aliphatic carbocycles. The molecule has 1 aliphatic heterocycles. The SMILES string of the molecule is O=C1C=CCCN1O. The van der Waals surface area contributed by atoms with Gasteiger partial charge in [-0.15, -0.1) is 0 Å². The van der Waals surface area contributed by atoms with Crippen molar-refractivity contribution in [2.45, 2.75) is 6.42 Å². The van der Waals surface area contributed by atoms with Crippen LogP contribution in [0.1, 0.15) is 6.42 Å². The zero-order valence-electron chi connectivity index (χ0n) is 4.37. The smallest absolute Gasteiger partial charge is 0.269 e. The zero-order chi connectivity index (χ0) is 5.98. The molecule has 0 saturated carbocycles. The van der Waals surface area contributed by atoms with Gasteiger partial charge in [0.1, 0.15) is 0 Å². The van der Waals surface area contributed by atoms with Gasteiger partial charge in [0.05, 0.1) is 6.54 Å². The van der Waals surface area contributed by atoms with E-state index >= 15 is 0 Å². The van der Waals surface area contributed by atoms with Crippen LogP contribution in [0, 0.1) is 0 Å². The van der Waals surface area contributed by atoms with Crippen LogP contribution in [0.2, 0.25) is 0 Å². The monoisotopic (exact) mass is 113 g/mol. The van der Waals surface area contributed by atoms with Crippen LogP contribution in [-0.2, 0) is 4.79 Å². The number of carbonyl (C=O) groups excluding carboxylic acids is 1. The molecule has 0 fully saturated rings. The van der Waals surface area contributed by atoms with Crippen LogP contribution in [0.25, 0.3) is 0 Å². The van der Waals surface area contributed by atoms with Gasteiger partial charge in [-0.25, -0.2) is 5.06 Å². The summed E-state index contributed by atoms with van der Waals surface area (Å²) in [5.74, 6) is -0.323. The van der Waals surface area contributed by atoms with Crippen LogP contribution in [-0.4, -0.2) is 22.7 Å². The predicted octanol–water partition coefficient (Wildman–Crippen LogP) is 0.164. The average molecular weight is 113 g/mol. The van der Waals surface area contributed by atoms with E-state index in [9.17, 15) is 4.79 Å². The number of hydrogen-bond donors (Lipinski definition) is 1. The summed E-state index contributed by atoms with van der Waals surface area (Å²) in [6.45, 7) is 0.426. The molecule has 0 aromatic heterocycles. The second kappa shape index (κ2) is 1.96. The number of rotatable bonds is 0. The molecule has 0 aromatic rings. The molecule has 3 heteroatoms. The highest BCUT2D eigenvalue weighted by Gasteiger charge is 2.08. The third-order valence-corrected chi connectivity index (χ3v) is 1.02. The average Bonchev–Trinajstić information content (AvgIpc) is 1.77. The lowest BCUT2D eigenvalue weighted by Gasteiger charge is -2.13. The minimum Gasteiger partial charge on any atom is -0.286 e. The van der Waals surface area contributed by atoms with Gasteiger partial charge in [-0.2, -0.15) is 0 Å². The third-order valence-electron chi connectivity index (χ3n) is 1.02. The zero-order valence-corrected chi connectivity index (χ0v) is 4.37. The summed E-state index contributed by atoms with van der Waals surface area (Å²) >= 11 is 0. The number of amides is 1. The van der Waals surface area contributed by atoms with E-state index in [4.69, 9.17) is 5.21 Å². The van der Waals surface area contributed by atoms with Crippen molar-refractivity contribution in [2.24, 2.45) is 0 Å². The van der Waals surface area contributed by atoms with E-state index in [2.05, 4.69) is 0 Å². The molecule has 0 atom stereocenters. The summed E-state index contributed by atoms with van der Waals surface area (Å²) in [5.41, 5.74) is 0. The maximum atomic E-state index is 10.4. The molecule has 1 heterocycles. The minimum atomic E-state index is -0.323. The number of carbonyl (C=O) groups is 1. The fraction of sp³-hybridized carbons (Fsp3) is 0.400. The van der Waals surface area contributed by atoms with Crippen LogP contribution >= 0.6 is 0 Å². The molecule has 44 valence electrons. The lowest BCUT2D eigenvalue weighted by Crippen LogP contribution is -2.28. The van der Waals surface area contributed by atoms with Crippen molar-refractivity contribution in [1.29, 1.82) is 0 Å². The lowest BCUT2D eigenvalue weighted by atomic mass is 10.3. The van der Waals surface area contributed by atoms with E-state index < -0.39 is 0 Å². The van der Waals surface area contributed by atoms with Crippen LogP contribution in [0.5, 0.6) is 0 Å². The van der Waals surface area contributed by atoms with Crippen molar-refractivity contribution >= 4 is 5.91 Å². The van der Waals surface area contributed by atoms with E-state index in [1.54, 1.807) is 6.08 Å². The molecular formula is C5H7NO2. The van der Waals surface area contributed by atoms with E-state index in [1.807, 2.05) is 0 Å². The first kappa shape index (κ1) is 5.31. The van der Waals surface area contributed by atoms with Gasteiger partial charge >= 0.3 is 0 Å². The van der Waals surface area contributed by atoms with Gasteiger partial charge in [0.2, 0.25) is 0 Å². The van der Waals surface area contributed by atoms with Crippen molar-refractivity contribution in [3.63, 3.8) is 0 Å². The summed E-state index contributed by atoms with van der Waals surface area (Å²) in [5, 5.41) is 9.32. The standard InChI is InChI=1S/C5H7NO2/c7-5-3-1-2-4-6(5)8/h1,3,8H,2,4H2. The largest absolute Gasteiger partial charge is 0.286 e. The first-order valence-electron chi connectivity index (χ1n) is 2.47. The normalized spacial score (nSPS) is 19.6. The molecule has 0 unspecified atom stereocenters. The van der Waals surface area contributed by atoms with Gasteiger partial charge in [0.15, 0.2) is 0 Å². The molecule has 3 nitrogen and oxygen atoms in total. The Kier molecular flexibility index (Phi) is 1.30. The molecule has 0 aromatic carbocycles. The van der Waals surface area contributed by atoms with Crippen LogP contribution in [0.3, 0.4) is 0 Å². The van der Waals surface area contributed by atoms with Gasteiger partial charge < -0.3 is 0 Å². The second-order valence-electron chi connectivity index (χ2n) is 1.65. The quantitative estimate of drug-likeness (QED) is 0.455. The summed E-state index contributed by atoms with van der Waals surface area (Å²) in [6, 6.07) is 0. The lowest BCUT2D eigenvalue weighted by molar-refractivity contribution is -0.160. The molecule has 0 bridgehead atoms. The Bertz CT molecular complexity index is 130. The molecule has 1 amide bonds. The molecule has 0 radical (unpaired) electrons. The molecule has 8 heavy (non-hydrogen) atoms. The third kappa shape index (κ3) is 0.869. The first-order chi connectivity index (χ1) is 3.80. The maximum absolute atomic E-state index is 10.4. The Hall–Kier alpha value is -0.830. The molecule has 0 saturated heterocycles. The van der Waals surface area contributed by atoms with Crippen LogP contribution < -0.4 is 0 Å². The molecule has 1 rings (SSSR count). The highest BCUT2D eigenvalue weighted by molar-refractivity contribution is 5.87. The minimum absolute atomic E-state index is 0.323. The number of hydrogen-bond acceptors (Lipinski definition) is 2. The Labute approximate surface area is 47.2 Å². The number of hydroxylamine groups is 2. The van der Waals surface area contributed by atoms with E-state index in [0.29, 0.717) is 11.6 Å². The Morgan fingerprint density at radius 3 is 2.88 bits per heavy atom. The van der Waals surface area contributed by atoms with Crippen LogP contribution in [0.15, 0.2) is 12.2 Å². The maximum Gasteiger partial charge on any atom is 0.269 e. The van der Waals surface area contributed by atoms with E-state index in [0.717, 1.165) is 6.42 Å². The molecule has 1 N–H and O–H groups in total. The summed E-state index contributed by atoms with van der Waals surface area (Å²) in [7, 11) is 0. The van der Waals surface area contributed by atoms with Crippen molar-refractivity contribution < 1.29 is 10.0 Å². The summed E-state index contributed by atoms with van der Waals surface area (Å²) < 4.78 is 0. The van der Waals surface area contributed by atoms with Crippen molar-refractivity contribution in [3.05, 3.63) is 12.2 Å². The molecule has 1 aliphatic rings.